The molecule has 2 heterocycles. The highest BCUT2D eigenvalue weighted by atomic mass is 35.5. The zero-order chi connectivity index (χ0) is 25.7. The molecule has 0 bridgehead atoms. The van der Waals surface area contributed by atoms with Crippen LogP contribution in [0.4, 0.5) is 46.0 Å². The molecular formula is C24H25ClN10O2. The third kappa shape index (κ3) is 6.18. The highest BCUT2D eigenvalue weighted by Gasteiger charge is 2.10. The van der Waals surface area contributed by atoms with Crippen molar-refractivity contribution in [3.8, 4) is 22.6 Å². The average molecular weight is 521 g/mol. The van der Waals surface area contributed by atoms with Gasteiger partial charge in [0.25, 0.3) is 0 Å². The summed E-state index contributed by atoms with van der Waals surface area (Å²) >= 11 is 0. The maximum Gasteiger partial charge on any atom is 0.153 e. The van der Waals surface area contributed by atoms with Gasteiger partial charge < -0.3 is 32.4 Å². The van der Waals surface area contributed by atoms with Gasteiger partial charge >= 0.3 is 0 Å². The molecule has 0 aliphatic rings. The Bertz CT molecular complexity index is 1370. The van der Waals surface area contributed by atoms with Crippen molar-refractivity contribution in [3.63, 3.8) is 0 Å². The van der Waals surface area contributed by atoms with E-state index in [2.05, 4.69) is 30.4 Å². The summed E-state index contributed by atoms with van der Waals surface area (Å²) in [5, 5.41) is 16.8. The van der Waals surface area contributed by atoms with E-state index in [0.717, 1.165) is 11.1 Å². The molecule has 0 fully saturated rings. The van der Waals surface area contributed by atoms with Crippen LogP contribution >= 0.6 is 12.4 Å². The van der Waals surface area contributed by atoms with Gasteiger partial charge in [-0.05, 0) is 59.7 Å². The number of azo groups is 2. The van der Waals surface area contributed by atoms with E-state index in [4.69, 9.17) is 32.4 Å². The summed E-state index contributed by atoms with van der Waals surface area (Å²) in [6.45, 7) is 0. The monoisotopic (exact) mass is 520 g/mol. The molecule has 0 aliphatic carbocycles. The van der Waals surface area contributed by atoms with E-state index in [1.165, 1.54) is 0 Å². The quantitative estimate of drug-likeness (QED) is 0.221. The number of hydrogen-bond donors (Lipinski definition) is 4. The Hall–Kier alpha value is -4.97. The molecule has 190 valence electrons. The van der Waals surface area contributed by atoms with E-state index in [9.17, 15) is 0 Å². The summed E-state index contributed by atoms with van der Waals surface area (Å²) in [5.74, 6) is 2.04. The molecule has 0 atom stereocenters. The Morgan fingerprint density at radius 1 is 0.541 bits per heavy atom. The summed E-state index contributed by atoms with van der Waals surface area (Å²) in [7, 11) is 3.11. The summed E-state index contributed by atoms with van der Waals surface area (Å²) in [6.07, 6.45) is 0. The van der Waals surface area contributed by atoms with Gasteiger partial charge in [-0.25, -0.2) is 9.97 Å². The van der Waals surface area contributed by atoms with E-state index < -0.39 is 0 Å². The smallest absolute Gasteiger partial charge is 0.153 e. The van der Waals surface area contributed by atoms with Crippen LogP contribution in [0.3, 0.4) is 0 Å². The molecule has 37 heavy (non-hydrogen) atoms. The molecule has 0 amide bonds. The fraction of sp³-hybridized carbons (Fsp3) is 0.0833. The van der Waals surface area contributed by atoms with Gasteiger partial charge in [-0.15, -0.1) is 32.9 Å². The second kappa shape index (κ2) is 11.6. The summed E-state index contributed by atoms with van der Waals surface area (Å²) in [5.41, 5.74) is 26.5. The normalized spacial score (nSPS) is 11.0. The molecular weight excluding hydrogens is 496 g/mol. The molecule has 0 unspecified atom stereocenters. The molecule has 12 nitrogen and oxygen atoms in total. The highest BCUT2D eigenvalue weighted by molar-refractivity contribution is 5.85. The fourth-order valence-corrected chi connectivity index (χ4v) is 3.23. The van der Waals surface area contributed by atoms with Gasteiger partial charge in [0.05, 0.1) is 14.2 Å². The number of halogens is 1. The first kappa shape index (κ1) is 26.6. The van der Waals surface area contributed by atoms with Crippen LogP contribution in [0.25, 0.3) is 11.1 Å². The number of aromatic nitrogens is 2. The number of nitrogens with zero attached hydrogens (tertiary/aromatic N) is 6. The summed E-state index contributed by atoms with van der Waals surface area (Å²) in [6, 6.07) is 17.5. The second-order valence-electron chi connectivity index (χ2n) is 7.45. The van der Waals surface area contributed by atoms with E-state index in [0.29, 0.717) is 45.9 Å². The number of pyridine rings is 2. The zero-order valence-corrected chi connectivity index (χ0v) is 20.8. The minimum absolute atomic E-state index is 0. The van der Waals surface area contributed by atoms with Crippen molar-refractivity contribution in [3.05, 3.63) is 60.7 Å². The Balaban J connectivity index is 0.00000380. The molecule has 0 saturated carbocycles. The summed E-state index contributed by atoms with van der Waals surface area (Å²) in [4.78, 5) is 7.95. The molecule has 8 N–H and O–H groups in total. The maximum atomic E-state index is 5.85. The molecule has 2 aromatic carbocycles. The lowest BCUT2D eigenvalue weighted by atomic mass is 10.0. The molecule has 4 rings (SSSR count). The minimum atomic E-state index is 0. The number of ether oxygens (including phenoxy) is 2. The minimum Gasteiger partial charge on any atom is -0.494 e. The van der Waals surface area contributed by atoms with Crippen molar-refractivity contribution in [2.75, 3.05) is 37.2 Å². The van der Waals surface area contributed by atoms with Crippen LogP contribution in [0.1, 0.15) is 0 Å². The first-order chi connectivity index (χ1) is 17.4. The van der Waals surface area contributed by atoms with Crippen LogP contribution in [-0.2, 0) is 0 Å². The number of benzene rings is 2. The first-order valence-electron chi connectivity index (χ1n) is 10.6. The number of rotatable bonds is 7. The molecule has 4 aromatic rings. The largest absolute Gasteiger partial charge is 0.494 e. The van der Waals surface area contributed by atoms with Gasteiger partial charge in [0.15, 0.2) is 11.6 Å². The van der Waals surface area contributed by atoms with E-state index >= 15 is 0 Å². The molecule has 0 spiro atoms. The van der Waals surface area contributed by atoms with Gasteiger partial charge in [0.1, 0.15) is 45.9 Å². The molecule has 0 saturated heterocycles. The maximum absolute atomic E-state index is 5.85. The van der Waals surface area contributed by atoms with Crippen molar-refractivity contribution in [2.24, 2.45) is 20.5 Å². The van der Waals surface area contributed by atoms with Crippen molar-refractivity contribution >= 4 is 58.4 Å². The number of nitrogens with two attached hydrogens (primary N) is 4. The SMILES string of the molecule is COc1cc(-c2ccc(N=Nc3ccc(N)nc3N)c(OC)c2)ccc1N=Nc1ccc(N)nc1N.Cl. The van der Waals surface area contributed by atoms with E-state index in [1.54, 1.807) is 50.6 Å². The average Bonchev–Trinajstić information content (AvgIpc) is 2.87. The van der Waals surface area contributed by atoms with Crippen LogP contribution in [0.2, 0.25) is 0 Å². The van der Waals surface area contributed by atoms with Crippen LogP contribution in [0.5, 0.6) is 11.5 Å². The molecule has 0 aliphatic heterocycles. The standard InChI is InChI=1S/C24H24N10O2.ClH/c1-35-19-11-13(3-5-15(19)31-33-17-7-9-21(25)29-23(17)27)14-4-6-16(20(12-14)36-2)32-34-18-8-10-22(26)30-24(18)28;/h3-12H,1-2H3,(H4,25,27,29)(H4,26,28,30);1H. The predicted molar refractivity (Wildman–Crippen MR) is 147 cm³/mol. The van der Waals surface area contributed by atoms with Crippen LogP contribution in [0, 0.1) is 0 Å². The van der Waals surface area contributed by atoms with Crippen molar-refractivity contribution in [2.45, 2.75) is 0 Å². The topological polar surface area (TPSA) is 198 Å². The van der Waals surface area contributed by atoms with Crippen LogP contribution in [-0.4, -0.2) is 24.2 Å². The third-order valence-corrected chi connectivity index (χ3v) is 5.07. The van der Waals surface area contributed by atoms with Crippen LogP contribution < -0.4 is 32.4 Å². The highest BCUT2D eigenvalue weighted by Crippen LogP contribution is 2.38. The Morgan fingerprint density at radius 2 is 0.892 bits per heavy atom. The van der Waals surface area contributed by atoms with E-state index in [-0.39, 0.29) is 24.0 Å². The van der Waals surface area contributed by atoms with Crippen molar-refractivity contribution in [1.29, 1.82) is 0 Å². The van der Waals surface area contributed by atoms with Gasteiger partial charge in [-0.2, -0.15) is 0 Å². The van der Waals surface area contributed by atoms with Gasteiger partial charge in [0, 0.05) is 0 Å². The van der Waals surface area contributed by atoms with Gasteiger partial charge in [-0.1, -0.05) is 12.1 Å². The number of hydrogen-bond acceptors (Lipinski definition) is 12. The predicted octanol–water partition coefficient (Wildman–Crippen LogP) is 5.74. The lowest BCUT2D eigenvalue weighted by Gasteiger charge is -2.10. The molecule has 13 heteroatoms. The Kier molecular flexibility index (Phi) is 8.38. The molecule has 2 aromatic heterocycles. The van der Waals surface area contributed by atoms with Crippen molar-refractivity contribution in [1.82, 2.24) is 9.97 Å². The zero-order valence-electron chi connectivity index (χ0n) is 20.0. The van der Waals surface area contributed by atoms with Crippen LogP contribution in [0.15, 0.2) is 81.1 Å². The lowest BCUT2D eigenvalue weighted by molar-refractivity contribution is 0.415. The number of anilines is 4. The summed E-state index contributed by atoms with van der Waals surface area (Å²) < 4.78 is 11.0. The second-order valence-corrected chi connectivity index (χ2v) is 7.45. The van der Waals surface area contributed by atoms with E-state index in [1.807, 2.05) is 24.3 Å². The first-order valence-corrected chi connectivity index (χ1v) is 10.6. The Morgan fingerprint density at radius 3 is 1.24 bits per heavy atom. The third-order valence-electron chi connectivity index (χ3n) is 5.07. The lowest BCUT2D eigenvalue weighted by Crippen LogP contribution is -1.95. The fourth-order valence-electron chi connectivity index (χ4n) is 3.23. The number of methoxy groups -OCH3 is 2. The number of nitrogen functional groups attached to an aromatic ring is 4. The Labute approximate surface area is 218 Å². The van der Waals surface area contributed by atoms with Gasteiger partial charge in [-0.3, -0.25) is 0 Å². The van der Waals surface area contributed by atoms with Gasteiger partial charge in [0.2, 0.25) is 0 Å². The molecule has 0 radical (unpaired) electrons. The van der Waals surface area contributed by atoms with Crippen molar-refractivity contribution < 1.29 is 9.47 Å².